The molecule has 1 aromatic carbocycles. The third-order valence-corrected chi connectivity index (χ3v) is 3.27. The Labute approximate surface area is 110 Å². The van der Waals surface area contributed by atoms with Crippen molar-refractivity contribution in [2.24, 2.45) is 0 Å². The average Bonchev–Trinajstić information content (AvgIpc) is 3.04. The Kier molecular flexibility index (Phi) is 2.76. The van der Waals surface area contributed by atoms with E-state index in [0.29, 0.717) is 11.5 Å². The summed E-state index contributed by atoms with van der Waals surface area (Å²) < 4.78 is 7.40. The van der Waals surface area contributed by atoms with E-state index >= 15 is 0 Å². The van der Waals surface area contributed by atoms with Gasteiger partial charge in [0, 0.05) is 5.69 Å². The summed E-state index contributed by atoms with van der Waals surface area (Å²) in [5.41, 5.74) is 8.14. The second kappa shape index (κ2) is 4.44. The summed E-state index contributed by atoms with van der Waals surface area (Å²) in [5.74, 6) is 1.43. The molecule has 5 heteroatoms. The molecule has 0 aliphatic carbocycles. The summed E-state index contributed by atoms with van der Waals surface area (Å²) in [6.45, 7) is 1.88. The molecular weight excluding hydrogens is 242 g/mol. The predicted octanol–water partition coefficient (Wildman–Crippen LogP) is 2.31. The first-order chi connectivity index (χ1) is 9.20. The number of nitrogens with zero attached hydrogens (tertiary/aromatic N) is 2. The van der Waals surface area contributed by atoms with Crippen LogP contribution in [0, 0.1) is 0 Å². The van der Waals surface area contributed by atoms with E-state index in [1.165, 1.54) is 0 Å². The third-order valence-electron chi connectivity index (χ3n) is 3.27. The molecule has 3 N–H and O–H groups in total. The second-order valence-electron chi connectivity index (χ2n) is 4.50. The van der Waals surface area contributed by atoms with E-state index in [1.54, 1.807) is 12.3 Å². The summed E-state index contributed by atoms with van der Waals surface area (Å²) >= 11 is 0. The number of furan rings is 1. The van der Waals surface area contributed by atoms with Gasteiger partial charge in [0.15, 0.2) is 0 Å². The number of anilines is 1. The Morgan fingerprint density at radius 1 is 1.42 bits per heavy atom. The molecule has 0 aliphatic heterocycles. The van der Waals surface area contributed by atoms with Gasteiger partial charge >= 0.3 is 0 Å². The topological polar surface area (TPSA) is 77.2 Å². The summed E-state index contributed by atoms with van der Waals surface area (Å²) in [7, 11) is 0. The molecule has 0 amide bonds. The number of aliphatic hydroxyl groups excluding tert-OH is 1. The highest BCUT2D eigenvalue weighted by Crippen LogP contribution is 2.27. The van der Waals surface area contributed by atoms with Crippen LogP contribution in [0.1, 0.15) is 24.6 Å². The Bertz CT molecular complexity index is 701. The highest BCUT2D eigenvalue weighted by Gasteiger charge is 2.18. The Morgan fingerprint density at radius 3 is 2.95 bits per heavy atom. The maximum Gasteiger partial charge on any atom is 0.136 e. The zero-order valence-corrected chi connectivity index (χ0v) is 10.6. The summed E-state index contributed by atoms with van der Waals surface area (Å²) in [6, 6.07) is 9.27. The Morgan fingerprint density at radius 2 is 2.26 bits per heavy atom. The Hall–Kier alpha value is -2.27. The van der Waals surface area contributed by atoms with E-state index in [9.17, 15) is 5.11 Å². The van der Waals surface area contributed by atoms with E-state index in [2.05, 4.69) is 4.98 Å². The van der Waals surface area contributed by atoms with Gasteiger partial charge in [-0.3, -0.25) is 0 Å². The maximum atomic E-state index is 9.49. The molecule has 1 unspecified atom stereocenters. The molecule has 0 aliphatic rings. The van der Waals surface area contributed by atoms with Crippen molar-refractivity contribution in [3.05, 3.63) is 48.2 Å². The lowest BCUT2D eigenvalue weighted by molar-refractivity contribution is 0.262. The van der Waals surface area contributed by atoms with Gasteiger partial charge in [-0.25, -0.2) is 4.98 Å². The quantitative estimate of drug-likeness (QED) is 0.706. The molecule has 0 bridgehead atoms. The van der Waals surface area contributed by atoms with E-state index in [4.69, 9.17) is 10.2 Å². The van der Waals surface area contributed by atoms with Gasteiger partial charge < -0.3 is 19.8 Å². The fraction of sp³-hybridized carbons (Fsp3) is 0.214. The largest absolute Gasteiger partial charge is 0.467 e. The maximum absolute atomic E-state index is 9.49. The van der Waals surface area contributed by atoms with Crippen LogP contribution in [0.4, 0.5) is 5.69 Å². The van der Waals surface area contributed by atoms with Gasteiger partial charge in [-0.05, 0) is 37.3 Å². The van der Waals surface area contributed by atoms with Crippen molar-refractivity contribution < 1.29 is 9.52 Å². The number of nitrogen functional groups attached to an aromatic ring is 1. The molecule has 0 saturated heterocycles. The van der Waals surface area contributed by atoms with Crippen LogP contribution in [0.5, 0.6) is 0 Å². The molecule has 98 valence electrons. The SMILES string of the molecule is CC(c1ccco1)n1c(CO)nc2cc(N)ccc21. The number of imidazole rings is 1. The lowest BCUT2D eigenvalue weighted by Crippen LogP contribution is -2.10. The van der Waals surface area contributed by atoms with Crippen molar-refractivity contribution >= 4 is 16.7 Å². The van der Waals surface area contributed by atoms with Crippen LogP contribution in [-0.2, 0) is 6.61 Å². The van der Waals surface area contributed by atoms with Crippen LogP contribution in [0.2, 0.25) is 0 Å². The summed E-state index contributed by atoms with van der Waals surface area (Å²) in [5, 5.41) is 9.49. The van der Waals surface area contributed by atoms with Crippen LogP contribution < -0.4 is 5.73 Å². The average molecular weight is 257 g/mol. The number of nitrogens with two attached hydrogens (primary N) is 1. The fourth-order valence-corrected chi connectivity index (χ4v) is 2.37. The van der Waals surface area contributed by atoms with E-state index in [1.807, 2.05) is 35.8 Å². The zero-order chi connectivity index (χ0) is 13.4. The molecule has 2 aromatic heterocycles. The second-order valence-corrected chi connectivity index (χ2v) is 4.50. The van der Waals surface area contributed by atoms with E-state index in [-0.39, 0.29) is 12.6 Å². The molecule has 5 nitrogen and oxygen atoms in total. The van der Waals surface area contributed by atoms with Crippen LogP contribution in [-0.4, -0.2) is 14.7 Å². The predicted molar refractivity (Wildman–Crippen MR) is 72.6 cm³/mol. The minimum atomic E-state index is -0.125. The number of fused-ring (bicyclic) bond motifs is 1. The zero-order valence-electron chi connectivity index (χ0n) is 10.6. The number of hydrogen-bond acceptors (Lipinski definition) is 4. The Balaban J connectivity index is 2.21. The van der Waals surface area contributed by atoms with Crippen LogP contribution >= 0.6 is 0 Å². The molecular formula is C14H15N3O2. The van der Waals surface area contributed by atoms with Crippen molar-refractivity contribution in [3.8, 4) is 0 Å². The van der Waals surface area contributed by atoms with Gasteiger partial charge in [-0.1, -0.05) is 0 Å². The first-order valence-corrected chi connectivity index (χ1v) is 6.11. The molecule has 3 rings (SSSR count). The van der Waals surface area contributed by atoms with Crippen molar-refractivity contribution in [2.45, 2.75) is 19.6 Å². The summed E-state index contributed by atoms with van der Waals surface area (Å²) in [4.78, 5) is 4.41. The molecule has 3 aromatic rings. The molecule has 0 spiro atoms. The molecule has 19 heavy (non-hydrogen) atoms. The van der Waals surface area contributed by atoms with Crippen molar-refractivity contribution in [3.63, 3.8) is 0 Å². The van der Waals surface area contributed by atoms with Gasteiger partial charge in [0.25, 0.3) is 0 Å². The van der Waals surface area contributed by atoms with E-state index < -0.39 is 0 Å². The number of hydrogen-bond donors (Lipinski definition) is 2. The van der Waals surface area contributed by atoms with Gasteiger partial charge in [-0.2, -0.15) is 0 Å². The smallest absolute Gasteiger partial charge is 0.136 e. The van der Waals surface area contributed by atoms with Gasteiger partial charge in [0.2, 0.25) is 0 Å². The lowest BCUT2D eigenvalue weighted by Gasteiger charge is -2.14. The minimum absolute atomic E-state index is 0.0363. The minimum Gasteiger partial charge on any atom is -0.467 e. The monoisotopic (exact) mass is 257 g/mol. The standard InChI is InChI=1S/C14H15N3O2/c1-9(13-3-2-6-19-13)17-12-5-4-10(15)7-11(12)16-14(17)8-18/h2-7,9,18H,8,15H2,1H3. The van der Waals surface area contributed by atoms with Crippen LogP contribution in [0.25, 0.3) is 11.0 Å². The number of rotatable bonds is 3. The normalized spacial score (nSPS) is 12.9. The van der Waals surface area contributed by atoms with Gasteiger partial charge in [0.05, 0.1) is 23.3 Å². The molecule has 0 saturated carbocycles. The molecule has 0 radical (unpaired) electrons. The van der Waals surface area contributed by atoms with Crippen molar-refractivity contribution in [1.29, 1.82) is 0 Å². The number of aliphatic hydroxyl groups is 1. The third kappa shape index (κ3) is 1.88. The fourth-order valence-electron chi connectivity index (χ4n) is 2.37. The van der Waals surface area contributed by atoms with Crippen LogP contribution in [0.3, 0.4) is 0 Å². The number of benzene rings is 1. The summed E-state index contributed by atoms with van der Waals surface area (Å²) in [6.07, 6.45) is 1.64. The highest BCUT2D eigenvalue weighted by molar-refractivity contribution is 5.80. The van der Waals surface area contributed by atoms with Gasteiger partial charge in [0.1, 0.15) is 18.2 Å². The number of aromatic nitrogens is 2. The molecule has 1 atom stereocenters. The molecule has 2 heterocycles. The molecule has 0 fully saturated rings. The van der Waals surface area contributed by atoms with Crippen molar-refractivity contribution in [2.75, 3.05) is 5.73 Å². The first kappa shape index (κ1) is 11.8. The van der Waals surface area contributed by atoms with E-state index in [0.717, 1.165) is 16.8 Å². The van der Waals surface area contributed by atoms with Crippen LogP contribution in [0.15, 0.2) is 41.0 Å². The van der Waals surface area contributed by atoms with Gasteiger partial charge in [-0.15, -0.1) is 0 Å². The first-order valence-electron chi connectivity index (χ1n) is 6.11. The van der Waals surface area contributed by atoms with Crippen molar-refractivity contribution in [1.82, 2.24) is 9.55 Å². The highest BCUT2D eigenvalue weighted by atomic mass is 16.3. The lowest BCUT2D eigenvalue weighted by atomic mass is 10.2.